The van der Waals surface area contributed by atoms with Gasteiger partial charge in [0, 0.05) is 0 Å². The lowest BCUT2D eigenvalue weighted by molar-refractivity contribution is -0.195. The molecule has 4 atom stereocenters. The van der Waals surface area contributed by atoms with E-state index < -0.39 is 41.5 Å². The molecule has 0 aliphatic carbocycles. The highest BCUT2D eigenvalue weighted by Gasteiger charge is 2.54. The number of anilines is 1. The van der Waals surface area contributed by atoms with Gasteiger partial charge in [-0.2, -0.15) is 4.98 Å². The third-order valence-electron chi connectivity index (χ3n) is 4.64. The third kappa shape index (κ3) is 4.34. The Morgan fingerprint density at radius 3 is 2.79 bits per heavy atom. The number of nitrogens with zero attached hydrogens (tertiary/aromatic N) is 2. The molecule has 156 valence electrons. The van der Waals surface area contributed by atoms with Crippen molar-refractivity contribution in [3.05, 3.63) is 22.5 Å². The van der Waals surface area contributed by atoms with Crippen molar-refractivity contribution < 1.29 is 28.1 Å². The fourth-order valence-electron chi connectivity index (χ4n) is 3.36. The number of hydrogen-bond donors (Lipinski definition) is 1. The summed E-state index contributed by atoms with van der Waals surface area (Å²) in [6.07, 6.45) is 0.497. The zero-order chi connectivity index (χ0) is 20.5. The Labute approximate surface area is 162 Å². The summed E-state index contributed by atoms with van der Waals surface area (Å²) in [5.41, 5.74) is -0.783. The van der Waals surface area contributed by atoms with Gasteiger partial charge in [-0.3, -0.25) is 9.88 Å². The molecular formula is C18H26FN3O6. The molecule has 2 aliphatic rings. The molecule has 1 aromatic rings. The summed E-state index contributed by atoms with van der Waals surface area (Å²) in [6.45, 7) is 7.55. The number of carbonyl (C=O) groups is 1. The van der Waals surface area contributed by atoms with Gasteiger partial charge >= 0.3 is 11.8 Å². The van der Waals surface area contributed by atoms with E-state index in [4.69, 9.17) is 18.9 Å². The van der Waals surface area contributed by atoms with Crippen LogP contribution in [0.25, 0.3) is 0 Å². The van der Waals surface area contributed by atoms with Gasteiger partial charge in [0.2, 0.25) is 0 Å². The topological polar surface area (TPSA) is 101 Å². The Morgan fingerprint density at radius 2 is 2.07 bits per heavy atom. The van der Waals surface area contributed by atoms with Crippen LogP contribution in [0.15, 0.2) is 11.0 Å². The van der Waals surface area contributed by atoms with Gasteiger partial charge in [0.1, 0.15) is 12.2 Å². The zero-order valence-corrected chi connectivity index (χ0v) is 16.4. The molecule has 1 aromatic heterocycles. The third-order valence-corrected chi connectivity index (χ3v) is 4.64. The van der Waals surface area contributed by atoms with Gasteiger partial charge in [0.25, 0.3) is 0 Å². The molecule has 0 bridgehead atoms. The lowest BCUT2D eigenvalue weighted by Crippen LogP contribution is -2.36. The number of amides is 1. The molecule has 1 N–H and O–H groups in total. The maximum Gasteiger partial charge on any atom is 0.412 e. The molecule has 0 saturated carbocycles. The Morgan fingerprint density at radius 1 is 1.36 bits per heavy atom. The summed E-state index contributed by atoms with van der Waals surface area (Å²) >= 11 is 0. The second kappa shape index (κ2) is 8.14. The predicted octanol–water partition coefficient (Wildman–Crippen LogP) is 2.56. The highest BCUT2D eigenvalue weighted by molar-refractivity contribution is 5.83. The number of nitrogens with one attached hydrogen (secondary N) is 1. The first-order valence-electron chi connectivity index (χ1n) is 9.45. The van der Waals surface area contributed by atoms with Gasteiger partial charge in [0.05, 0.1) is 18.9 Å². The summed E-state index contributed by atoms with van der Waals surface area (Å²) in [5.74, 6) is -2.21. The van der Waals surface area contributed by atoms with Gasteiger partial charge in [-0.1, -0.05) is 19.8 Å². The quantitative estimate of drug-likeness (QED) is 0.734. The van der Waals surface area contributed by atoms with Gasteiger partial charge in [-0.15, -0.1) is 0 Å². The van der Waals surface area contributed by atoms with Crippen molar-refractivity contribution in [1.29, 1.82) is 0 Å². The molecule has 1 amide bonds. The van der Waals surface area contributed by atoms with E-state index in [1.165, 1.54) is 0 Å². The summed E-state index contributed by atoms with van der Waals surface area (Å²) in [7, 11) is 0. The largest absolute Gasteiger partial charge is 0.449 e. The van der Waals surface area contributed by atoms with Gasteiger partial charge < -0.3 is 18.9 Å². The number of hydrogen-bond acceptors (Lipinski definition) is 7. The first kappa shape index (κ1) is 20.7. The van der Waals surface area contributed by atoms with E-state index in [9.17, 15) is 14.0 Å². The van der Waals surface area contributed by atoms with Crippen molar-refractivity contribution in [3.63, 3.8) is 0 Å². The van der Waals surface area contributed by atoms with E-state index in [0.29, 0.717) is 6.42 Å². The Kier molecular flexibility index (Phi) is 6.01. The summed E-state index contributed by atoms with van der Waals surface area (Å²) in [5, 5.41) is 2.16. The van der Waals surface area contributed by atoms with Crippen molar-refractivity contribution >= 4 is 11.9 Å². The fraction of sp³-hybridized carbons (Fsp3) is 0.722. The first-order chi connectivity index (χ1) is 13.2. The Bertz CT molecular complexity index is 783. The predicted molar refractivity (Wildman–Crippen MR) is 96.4 cm³/mol. The molecule has 2 saturated heterocycles. The number of aromatic nitrogens is 2. The minimum absolute atomic E-state index is 0.211. The highest BCUT2D eigenvalue weighted by Crippen LogP contribution is 2.42. The molecule has 9 nitrogen and oxygen atoms in total. The van der Waals surface area contributed by atoms with Gasteiger partial charge in [0.15, 0.2) is 23.7 Å². The van der Waals surface area contributed by atoms with Gasteiger partial charge in [-0.05, 0) is 27.2 Å². The molecule has 2 fully saturated rings. The molecule has 0 aromatic carbocycles. The zero-order valence-electron chi connectivity index (χ0n) is 16.4. The molecular weight excluding hydrogens is 373 g/mol. The van der Waals surface area contributed by atoms with E-state index in [1.54, 1.807) is 20.8 Å². The number of unbranched alkanes of at least 4 members (excludes halogenated alkanes) is 2. The molecule has 0 radical (unpaired) electrons. The second-order valence-electron chi connectivity index (χ2n) is 7.39. The van der Waals surface area contributed by atoms with Crippen molar-refractivity contribution in [2.75, 3.05) is 11.9 Å². The van der Waals surface area contributed by atoms with Crippen LogP contribution in [0, 0.1) is 5.82 Å². The standard InChI is InChI=1S/C18H26FN3O6/c1-5-6-7-8-25-17(24)21-14-11(19)9-22(16(23)20-14)15-13-12(10(2)26-15)27-18(3,4)28-13/h9-10,12-13,15H,5-8H2,1-4H3,(H,20,21,23,24)/t10-,12-,13-,15-/m1/s1. The lowest BCUT2D eigenvalue weighted by Gasteiger charge is -2.24. The van der Waals surface area contributed by atoms with Crippen LogP contribution in [0.5, 0.6) is 0 Å². The summed E-state index contributed by atoms with van der Waals surface area (Å²) in [4.78, 5) is 27.8. The minimum atomic E-state index is -0.886. The molecule has 0 spiro atoms. The van der Waals surface area contributed by atoms with Crippen LogP contribution in [0.2, 0.25) is 0 Å². The maximum absolute atomic E-state index is 14.5. The van der Waals surface area contributed by atoms with Gasteiger partial charge in [-0.25, -0.2) is 14.0 Å². The lowest BCUT2D eigenvalue weighted by atomic mass is 10.1. The van der Waals surface area contributed by atoms with Crippen LogP contribution in [-0.4, -0.2) is 46.4 Å². The van der Waals surface area contributed by atoms with Crippen LogP contribution in [0.4, 0.5) is 15.0 Å². The molecule has 28 heavy (non-hydrogen) atoms. The van der Waals surface area contributed by atoms with Crippen LogP contribution < -0.4 is 11.0 Å². The number of carbonyl (C=O) groups excluding carboxylic acids is 1. The minimum Gasteiger partial charge on any atom is -0.449 e. The normalized spacial score (nSPS) is 28.2. The summed E-state index contributed by atoms with van der Waals surface area (Å²) < 4.78 is 37.8. The van der Waals surface area contributed by atoms with Crippen molar-refractivity contribution in [2.45, 2.75) is 77.3 Å². The number of ether oxygens (including phenoxy) is 4. The fourth-order valence-corrected chi connectivity index (χ4v) is 3.36. The average molecular weight is 399 g/mol. The number of rotatable bonds is 6. The smallest absolute Gasteiger partial charge is 0.412 e. The summed E-state index contributed by atoms with van der Waals surface area (Å²) in [6, 6.07) is 0. The molecule has 0 unspecified atom stereocenters. The number of fused-ring (bicyclic) bond motifs is 1. The Balaban J connectivity index is 1.72. The van der Waals surface area contributed by atoms with Crippen LogP contribution in [0.1, 0.15) is 53.2 Å². The van der Waals surface area contributed by atoms with Crippen molar-refractivity contribution in [2.24, 2.45) is 0 Å². The molecule has 10 heteroatoms. The average Bonchev–Trinajstić information content (AvgIpc) is 3.09. The highest BCUT2D eigenvalue weighted by atomic mass is 19.1. The first-order valence-corrected chi connectivity index (χ1v) is 9.45. The van der Waals surface area contributed by atoms with Crippen molar-refractivity contribution in [3.8, 4) is 0 Å². The van der Waals surface area contributed by atoms with E-state index in [2.05, 4.69) is 10.3 Å². The molecule has 3 rings (SSSR count). The second-order valence-corrected chi connectivity index (χ2v) is 7.39. The molecule has 3 heterocycles. The maximum atomic E-state index is 14.5. The molecule has 2 aliphatic heterocycles. The Hall–Kier alpha value is -2.04. The van der Waals surface area contributed by atoms with E-state index in [1.807, 2.05) is 6.92 Å². The van der Waals surface area contributed by atoms with Crippen molar-refractivity contribution in [1.82, 2.24) is 9.55 Å². The van der Waals surface area contributed by atoms with Crippen LogP contribution in [0.3, 0.4) is 0 Å². The number of halogens is 1. The SMILES string of the molecule is CCCCCOC(=O)Nc1nc(=O)n([C@@H]2O[C@H](C)[C@H]3OC(C)(C)O[C@H]32)cc1F. The van der Waals surface area contributed by atoms with Crippen LogP contribution >= 0.6 is 0 Å². The van der Waals surface area contributed by atoms with E-state index in [-0.39, 0.29) is 18.8 Å². The van der Waals surface area contributed by atoms with E-state index >= 15 is 0 Å². The van der Waals surface area contributed by atoms with Crippen LogP contribution in [-0.2, 0) is 18.9 Å². The monoisotopic (exact) mass is 399 g/mol. The van der Waals surface area contributed by atoms with E-state index in [0.717, 1.165) is 23.6 Å².